The molecule has 0 N–H and O–H groups in total. The fourth-order valence-electron chi connectivity index (χ4n) is 1.93. The second kappa shape index (κ2) is 3.33. The van der Waals surface area contributed by atoms with Crippen LogP contribution in [-0.2, 0) is 14.9 Å². The Morgan fingerprint density at radius 2 is 2.27 bits per heavy atom. The van der Waals surface area contributed by atoms with E-state index in [-0.39, 0.29) is 17.7 Å². The summed E-state index contributed by atoms with van der Waals surface area (Å²) in [5, 5.41) is 0. The molecule has 0 saturated carbocycles. The van der Waals surface area contributed by atoms with Gasteiger partial charge in [0.05, 0.1) is 12.0 Å². The summed E-state index contributed by atoms with van der Waals surface area (Å²) in [5.41, 5.74) is -0.0141. The van der Waals surface area contributed by atoms with Gasteiger partial charge in [-0.2, -0.15) is 0 Å². The van der Waals surface area contributed by atoms with Gasteiger partial charge >= 0.3 is 5.97 Å². The first-order valence-corrected chi connectivity index (χ1v) is 4.98. The number of hydrogen-bond acceptors (Lipinski definition) is 2. The molecule has 1 aromatic carbocycles. The largest absolute Gasteiger partial charge is 0.465 e. The SMILES string of the molecule is C[C@H]1COC(=O)[C@]1(C)c1cccc(F)c1. The molecule has 2 rings (SSSR count). The Hall–Kier alpha value is -1.38. The van der Waals surface area contributed by atoms with E-state index in [2.05, 4.69) is 0 Å². The minimum absolute atomic E-state index is 0.0757. The van der Waals surface area contributed by atoms with Gasteiger partial charge in [-0.05, 0) is 24.6 Å². The van der Waals surface area contributed by atoms with Crippen molar-refractivity contribution in [2.75, 3.05) is 6.61 Å². The number of benzene rings is 1. The van der Waals surface area contributed by atoms with Gasteiger partial charge in [-0.3, -0.25) is 4.79 Å². The molecule has 0 radical (unpaired) electrons. The van der Waals surface area contributed by atoms with E-state index in [1.165, 1.54) is 12.1 Å². The van der Waals surface area contributed by atoms with Crippen LogP contribution in [0.15, 0.2) is 24.3 Å². The molecule has 0 amide bonds. The van der Waals surface area contributed by atoms with Crippen LogP contribution in [-0.4, -0.2) is 12.6 Å². The van der Waals surface area contributed by atoms with Crippen LogP contribution >= 0.6 is 0 Å². The molecule has 1 fully saturated rings. The van der Waals surface area contributed by atoms with Crippen LogP contribution in [0, 0.1) is 11.7 Å². The van der Waals surface area contributed by atoms with Crippen LogP contribution in [0.3, 0.4) is 0 Å². The van der Waals surface area contributed by atoms with Gasteiger partial charge < -0.3 is 4.74 Å². The van der Waals surface area contributed by atoms with Crippen molar-refractivity contribution < 1.29 is 13.9 Å². The molecule has 1 aliphatic heterocycles. The van der Waals surface area contributed by atoms with Gasteiger partial charge in [0, 0.05) is 5.92 Å². The normalized spacial score (nSPS) is 30.3. The van der Waals surface area contributed by atoms with Gasteiger partial charge in [-0.25, -0.2) is 4.39 Å². The second-order valence-corrected chi connectivity index (χ2v) is 4.21. The average Bonchev–Trinajstić information content (AvgIpc) is 2.47. The van der Waals surface area contributed by atoms with Gasteiger partial charge in [0.1, 0.15) is 5.82 Å². The first-order chi connectivity index (χ1) is 7.05. The van der Waals surface area contributed by atoms with Crippen molar-refractivity contribution in [3.8, 4) is 0 Å². The molecule has 1 heterocycles. The van der Waals surface area contributed by atoms with Gasteiger partial charge in [-0.15, -0.1) is 0 Å². The maximum absolute atomic E-state index is 13.1. The molecule has 0 aromatic heterocycles. The zero-order chi connectivity index (χ0) is 11.1. The van der Waals surface area contributed by atoms with Crippen LogP contribution < -0.4 is 0 Å². The number of ether oxygens (including phenoxy) is 1. The summed E-state index contributed by atoms with van der Waals surface area (Å²) in [6.07, 6.45) is 0. The van der Waals surface area contributed by atoms with Crippen LogP contribution in [0.4, 0.5) is 4.39 Å². The Morgan fingerprint density at radius 1 is 1.53 bits per heavy atom. The van der Waals surface area contributed by atoms with E-state index in [9.17, 15) is 9.18 Å². The Bertz CT molecular complexity index is 402. The van der Waals surface area contributed by atoms with Crippen molar-refractivity contribution in [1.82, 2.24) is 0 Å². The van der Waals surface area contributed by atoms with E-state index in [0.29, 0.717) is 12.2 Å². The van der Waals surface area contributed by atoms with Crippen molar-refractivity contribution in [3.63, 3.8) is 0 Å². The molecule has 0 unspecified atom stereocenters. The molecule has 0 aliphatic carbocycles. The predicted octanol–water partition coefficient (Wildman–Crippen LogP) is 2.28. The molecule has 15 heavy (non-hydrogen) atoms. The Kier molecular flexibility index (Phi) is 2.25. The standard InChI is InChI=1S/C12H13FO2/c1-8-7-15-11(14)12(8,2)9-4-3-5-10(13)6-9/h3-6,8H,7H2,1-2H3/t8-,12-/m0/s1. The lowest BCUT2D eigenvalue weighted by Crippen LogP contribution is -2.33. The number of rotatable bonds is 1. The number of cyclic esters (lactones) is 1. The van der Waals surface area contributed by atoms with Crippen LogP contribution in [0.1, 0.15) is 19.4 Å². The van der Waals surface area contributed by atoms with Crippen molar-refractivity contribution in [1.29, 1.82) is 0 Å². The quantitative estimate of drug-likeness (QED) is 0.662. The third-order valence-electron chi connectivity index (χ3n) is 3.30. The first-order valence-electron chi connectivity index (χ1n) is 4.98. The zero-order valence-corrected chi connectivity index (χ0v) is 8.79. The highest BCUT2D eigenvalue weighted by molar-refractivity contribution is 5.85. The maximum atomic E-state index is 13.1. The van der Waals surface area contributed by atoms with Crippen molar-refractivity contribution >= 4 is 5.97 Å². The average molecular weight is 208 g/mol. The fourth-order valence-corrected chi connectivity index (χ4v) is 1.93. The van der Waals surface area contributed by atoms with E-state index in [0.717, 1.165) is 0 Å². The molecule has 2 atom stereocenters. The second-order valence-electron chi connectivity index (χ2n) is 4.21. The van der Waals surface area contributed by atoms with Crippen molar-refractivity contribution in [2.24, 2.45) is 5.92 Å². The lowest BCUT2D eigenvalue weighted by Gasteiger charge is -2.24. The molecule has 3 heteroatoms. The van der Waals surface area contributed by atoms with Crippen LogP contribution in [0.2, 0.25) is 0 Å². The fraction of sp³-hybridized carbons (Fsp3) is 0.417. The molecular weight excluding hydrogens is 195 g/mol. The summed E-state index contributed by atoms with van der Waals surface area (Å²) in [6.45, 7) is 4.16. The third-order valence-corrected chi connectivity index (χ3v) is 3.30. The molecule has 1 aliphatic rings. The lowest BCUT2D eigenvalue weighted by molar-refractivity contribution is -0.142. The number of hydrogen-bond donors (Lipinski definition) is 0. The highest BCUT2D eigenvalue weighted by Gasteiger charge is 2.47. The minimum Gasteiger partial charge on any atom is -0.465 e. The van der Waals surface area contributed by atoms with E-state index in [4.69, 9.17) is 4.74 Å². The van der Waals surface area contributed by atoms with Crippen LogP contribution in [0.5, 0.6) is 0 Å². The first kappa shape index (κ1) is 10.1. The topological polar surface area (TPSA) is 26.3 Å². The number of esters is 1. The highest BCUT2D eigenvalue weighted by atomic mass is 19.1. The minimum atomic E-state index is -0.706. The Balaban J connectivity index is 2.49. The predicted molar refractivity (Wildman–Crippen MR) is 53.9 cm³/mol. The Morgan fingerprint density at radius 3 is 2.80 bits per heavy atom. The third kappa shape index (κ3) is 1.42. The van der Waals surface area contributed by atoms with Gasteiger partial charge in [0.2, 0.25) is 0 Å². The molecular formula is C12H13FO2. The maximum Gasteiger partial charge on any atom is 0.316 e. The van der Waals surface area contributed by atoms with Crippen molar-refractivity contribution in [2.45, 2.75) is 19.3 Å². The summed E-state index contributed by atoms with van der Waals surface area (Å²) < 4.78 is 18.1. The van der Waals surface area contributed by atoms with Gasteiger partial charge in [0.25, 0.3) is 0 Å². The van der Waals surface area contributed by atoms with E-state index in [1.54, 1.807) is 12.1 Å². The van der Waals surface area contributed by atoms with E-state index < -0.39 is 5.41 Å². The summed E-state index contributed by atoms with van der Waals surface area (Å²) in [6, 6.07) is 6.17. The number of carbonyl (C=O) groups excluding carboxylic acids is 1. The molecule has 0 bridgehead atoms. The number of carbonyl (C=O) groups is 1. The zero-order valence-electron chi connectivity index (χ0n) is 8.79. The molecule has 0 spiro atoms. The number of halogens is 1. The Labute approximate surface area is 88.1 Å². The summed E-state index contributed by atoms with van der Waals surface area (Å²) in [7, 11) is 0. The van der Waals surface area contributed by atoms with E-state index in [1.807, 2.05) is 13.8 Å². The lowest BCUT2D eigenvalue weighted by atomic mass is 9.74. The monoisotopic (exact) mass is 208 g/mol. The molecule has 1 aromatic rings. The summed E-state index contributed by atoms with van der Waals surface area (Å²) in [5.74, 6) is -0.506. The van der Waals surface area contributed by atoms with Gasteiger partial charge in [0.15, 0.2) is 0 Å². The highest BCUT2D eigenvalue weighted by Crippen LogP contribution is 2.38. The smallest absolute Gasteiger partial charge is 0.316 e. The van der Waals surface area contributed by atoms with E-state index >= 15 is 0 Å². The molecule has 80 valence electrons. The van der Waals surface area contributed by atoms with Crippen LogP contribution in [0.25, 0.3) is 0 Å². The van der Waals surface area contributed by atoms with Crippen molar-refractivity contribution in [3.05, 3.63) is 35.6 Å². The molecule has 2 nitrogen and oxygen atoms in total. The summed E-state index contributed by atoms with van der Waals surface area (Å²) in [4.78, 5) is 11.7. The van der Waals surface area contributed by atoms with Gasteiger partial charge in [-0.1, -0.05) is 19.1 Å². The summed E-state index contributed by atoms with van der Waals surface area (Å²) >= 11 is 0. The molecule has 1 saturated heterocycles.